The standard InChI is InChI=1S/C24H28N6O5/c1-3-34-20(31)12-19(23(33)35-4-2)28-22(32)15-6-8-16(9-7-15)27-13-14-5-10-18-17(11-14)21(25)30-24(26)29-18/h5-11,19,27H,3-4,12-13H2,1-2H3,(H,28,32)(H4,25,26,29,30)/t19-/m0/s1. The highest BCUT2D eigenvalue weighted by molar-refractivity contribution is 5.98. The minimum atomic E-state index is -1.14. The summed E-state index contributed by atoms with van der Waals surface area (Å²) in [4.78, 5) is 44.8. The fraction of sp³-hybridized carbons (Fsp3) is 0.292. The molecule has 1 aromatic heterocycles. The maximum Gasteiger partial charge on any atom is 0.329 e. The zero-order chi connectivity index (χ0) is 25.4. The second-order valence-electron chi connectivity index (χ2n) is 7.54. The van der Waals surface area contributed by atoms with Gasteiger partial charge in [0, 0.05) is 23.2 Å². The van der Waals surface area contributed by atoms with Gasteiger partial charge in [-0.1, -0.05) is 6.07 Å². The minimum Gasteiger partial charge on any atom is -0.466 e. The molecule has 0 bridgehead atoms. The van der Waals surface area contributed by atoms with Crippen LogP contribution in [0.4, 0.5) is 17.5 Å². The lowest BCUT2D eigenvalue weighted by molar-refractivity contribution is -0.152. The number of ether oxygens (including phenoxy) is 2. The molecule has 0 fully saturated rings. The number of aromatic nitrogens is 2. The number of anilines is 3. The highest BCUT2D eigenvalue weighted by Crippen LogP contribution is 2.21. The van der Waals surface area contributed by atoms with Gasteiger partial charge in [0.25, 0.3) is 5.91 Å². The molecule has 0 saturated carbocycles. The number of nitrogens with zero attached hydrogens (tertiary/aromatic N) is 2. The van der Waals surface area contributed by atoms with E-state index in [-0.39, 0.29) is 25.6 Å². The number of benzene rings is 2. The monoisotopic (exact) mass is 480 g/mol. The number of nitrogens with two attached hydrogens (primary N) is 2. The van der Waals surface area contributed by atoms with Crippen molar-refractivity contribution >= 4 is 46.2 Å². The Morgan fingerprint density at radius 3 is 2.37 bits per heavy atom. The van der Waals surface area contributed by atoms with Gasteiger partial charge in [0.2, 0.25) is 5.95 Å². The normalized spacial score (nSPS) is 11.5. The van der Waals surface area contributed by atoms with Gasteiger partial charge in [0.15, 0.2) is 0 Å². The van der Waals surface area contributed by atoms with Crippen molar-refractivity contribution in [2.45, 2.75) is 32.9 Å². The van der Waals surface area contributed by atoms with E-state index in [4.69, 9.17) is 20.9 Å². The van der Waals surface area contributed by atoms with Crippen LogP contribution in [0.5, 0.6) is 0 Å². The van der Waals surface area contributed by atoms with E-state index in [2.05, 4.69) is 20.6 Å². The summed E-state index contributed by atoms with van der Waals surface area (Å²) in [5, 5.41) is 6.52. The Hall–Kier alpha value is -4.41. The SMILES string of the molecule is CCOC(=O)C[C@H](NC(=O)c1ccc(NCc2ccc3nc(N)nc(N)c3c2)cc1)C(=O)OCC. The topological polar surface area (TPSA) is 172 Å². The molecule has 1 atom stereocenters. The molecular weight excluding hydrogens is 452 g/mol. The number of fused-ring (bicyclic) bond motifs is 1. The largest absolute Gasteiger partial charge is 0.466 e. The molecule has 2 aromatic carbocycles. The van der Waals surface area contributed by atoms with Gasteiger partial charge >= 0.3 is 11.9 Å². The van der Waals surface area contributed by atoms with Crippen molar-refractivity contribution in [3.63, 3.8) is 0 Å². The molecule has 3 rings (SSSR count). The van der Waals surface area contributed by atoms with E-state index >= 15 is 0 Å². The van der Waals surface area contributed by atoms with Gasteiger partial charge in [-0.05, 0) is 55.8 Å². The second-order valence-corrected chi connectivity index (χ2v) is 7.54. The molecule has 0 aliphatic carbocycles. The average Bonchev–Trinajstić information content (AvgIpc) is 2.83. The molecule has 0 unspecified atom stereocenters. The number of amides is 1. The molecular formula is C24H28N6O5. The number of rotatable bonds is 10. The summed E-state index contributed by atoms with van der Waals surface area (Å²) in [5.41, 5.74) is 14.3. The first kappa shape index (κ1) is 25.2. The Morgan fingerprint density at radius 2 is 1.69 bits per heavy atom. The summed E-state index contributed by atoms with van der Waals surface area (Å²) < 4.78 is 9.84. The van der Waals surface area contributed by atoms with Gasteiger partial charge in [0.05, 0.1) is 25.2 Å². The molecule has 184 valence electrons. The van der Waals surface area contributed by atoms with E-state index in [1.165, 1.54) is 0 Å². The van der Waals surface area contributed by atoms with Gasteiger partial charge in [-0.3, -0.25) is 9.59 Å². The molecule has 0 saturated heterocycles. The number of nitrogens with one attached hydrogen (secondary N) is 2. The zero-order valence-corrected chi connectivity index (χ0v) is 19.5. The van der Waals surface area contributed by atoms with Crippen molar-refractivity contribution in [3.8, 4) is 0 Å². The van der Waals surface area contributed by atoms with E-state index in [9.17, 15) is 14.4 Å². The van der Waals surface area contributed by atoms with Crippen molar-refractivity contribution in [2.24, 2.45) is 0 Å². The first-order valence-electron chi connectivity index (χ1n) is 11.1. The fourth-order valence-corrected chi connectivity index (χ4v) is 3.34. The fourth-order valence-electron chi connectivity index (χ4n) is 3.34. The van der Waals surface area contributed by atoms with Crippen LogP contribution in [0.2, 0.25) is 0 Å². The predicted octanol–water partition coefficient (Wildman–Crippen LogP) is 2.02. The van der Waals surface area contributed by atoms with Crippen molar-refractivity contribution in [1.82, 2.24) is 15.3 Å². The summed E-state index contributed by atoms with van der Waals surface area (Å²) in [5.74, 6) is -1.37. The highest BCUT2D eigenvalue weighted by Gasteiger charge is 2.26. The Bertz CT molecular complexity index is 1220. The van der Waals surface area contributed by atoms with Gasteiger partial charge in [-0.2, -0.15) is 4.98 Å². The third-order valence-corrected chi connectivity index (χ3v) is 5.00. The number of hydrogen-bond acceptors (Lipinski definition) is 10. The smallest absolute Gasteiger partial charge is 0.329 e. The zero-order valence-electron chi connectivity index (χ0n) is 19.5. The summed E-state index contributed by atoms with van der Waals surface area (Å²) in [6, 6.07) is 11.2. The second kappa shape index (κ2) is 11.6. The summed E-state index contributed by atoms with van der Waals surface area (Å²) in [6.45, 7) is 4.09. The lowest BCUT2D eigenvalue weighted by Gasteiger charge is -2.17. The first-order chi connectivity index (χ1) is 16.8. The number of carbonyl (C=O) groups is 3. The maximum atomic E-state index is 12.7. The molecule has 0 radical (unpaired) electrons. The molecule has 1 heterocycles. The van der Waals surface area contributed by atoms with Crippen LogP contribution in [0.25, 0.3) is 10.9 Å². The van der Waals surface area contributed by atoms with Crippen molar-refractivity contribution < 1.29 is 23.9 Å². The number of hydrogen-bond donors (Lipinski definition) is 4. The first-order valence-corrected chi connectivity index (χ1v) is 11.1. The highest BCUT2D eigenvalue weighted by atomic mass is 16.5. The maximum absolute atomic E-state index is 12.7. The van der Waals surface area contributed by atoms with Gasteiger partial charge in [0.1, 0.15) is 11.9 Å². The lowest BCUT2D eigenvalue weighted by atomic mass is 10.1. The Morgan fingerprint density at radius 1 is 0.971 bits per heavy atom. The number of nitrogen functional groups attached to an aromatic ring is 2. The van der Waals surface area contributed by atoms with Gasteiger partial charge in [-0.15, -0.1) is 0 Å². The summed E-state index contributed by atoms with van der Waals surface area (Å²) in [6.07, 6.45) is -0.314. The Kier molecular flexibility index (Phi) is 8.38. The molecule has 11 nitrogen and oxygen atoms in total. The molecule has 35 heavy (non-hydrogen) atoms. The number of carbonyl (C=O) groups excluding carboxylic acids is 3. The molecule has 0 aliphatic rings. The van der Waals surface area contributed by atoms with Crippen LogP contribution in [0.1, 0.15) is 36.2 Å². The van der Waals surface area contributed by atoms with E-state index in [0.717, 1.165) is 11.3 Å². The summed E-state index contributed by atoms with van der Waals surface area (Å²) >= 11 is 0. The predicted molar refractivity (Wildman–Crippen MR) is 131 cm³/mol. The third kappa shape index (κ3) is 6.79. The van der Waals surface area contributed by atoms with Crippen LogP contribution >= 0.6 is 0 Å². The molecule has 6 N–H and O–H groups in total. The van der Waals surface area contributed by atoms with E-state index in [1.54, 1.807) is 38.1 Å². The van der Waals surface area contributed by atoms with Crippen LogP contribution in [-0.4, -0.2) is 47.1 Å². The van der Waals surface area contributed by atoms with Crippen molar-refractivity contribution in [3.05, 3.63) is 53.6 Å². The van der Waals surface area contributed by atoms with Crippen molar-refractivity contribution in [2.75, 3.05) is 30.0 Å². The van der Waals surface area contributed by atoms with Crippen LogP contribution in [0.15, 0.2) is 42.5 Å². The molecule has 3 aromatic rings. The van der Waals surface area contributed by atoms with Gasteiger partial charge in [-0.25, -0.2) is 9.78 Å². The van der Waals surface area contributed by atoms with E-state index in [0.29, 0.717) is 28.8 Å². The molecule has 0 spiro atoms. The third-order valence-electron chi connectivity index (χ3n) is 5.00. The number of esters is 2. The molecule has 1 amide bonds. The van der Waals surface area contributed by atoms with Crippen LogP contribution < -0.4 is 22.1 Å². The molecule has 11 heteroatoms. The minimum absolute atomic E-state index is 0.124. The average molecular weight is 481 g/mol. The Balaban J connectivity index is 1.63. The molecule has 0 aliphatic heterocycles. The van der Waals surface area contributed by atoms with Crippen LogP contribution in [0.3, 0.4) is 0 Å². The lowest BCUT2D eigenvalue weighted by Crippen LogP contribution is -2.43. The van der Waals surface area contributed by atoms with Crippen LogP contribution in [-0.2, 0) is 25.6 Å². The van der Waals surface area contributed by atoms with E-state index in [1.807, 2.05) is 18.2 Å². The van der Waals surface area contributed by atoms with Gasteiger partial charge < -0.3 is 31.6 Å². The Labute approximate surface area is 202 Å². The van der Waals surface area contributed by atoms with E-state index < -0.39 is 23.9 Å². The quantitative estimate of drug-likeness (QED) is 0.315. The van der Waals surface area contributed by atoms with Crippen LogP contribution in [0, 0.1) is 0 Å². The van der Waals surface area contributed by atoms with Crippen molar-refractivity contribution in [1.29, 1.82) is 0 Å². The summed E-state index contributed by atoms with van der Waals surface area (Å²) in [7, 11) is 0.